The molecule has 202 valence electrons. The van der Waals surface area contributed by atoms with Crippen LogP contribution in [-0.2, 0) is 0 Å². The second-order valence-electron chi connectivity index (χ2n) is 9.92. The van der Waals surface area contributed by atoms with Gasteiger partial charge in [0.2, 0.25) is 0 Å². The van der Waals surface area contributed by atoms with E-state index >= 15 is 0 Å². The molecular formula is C32H48N4S. The molecule has 1 saturated carbocycles. The number of rotatable bonds is 6. The van der Waals surface area contributed by atoms with Gasteiger partial charge >= 0.3 is 0 Å². The molecule has 1 saturated heterocycles. The van der Waals surface area contributed by atoms with E-state index in [2.05, 4.69) is 110 Å². The lowest BCUT2D eigenvalue weighted by molar-refractivity contribution is 0.0956. The van der Waals surface area contributed by atoms with Crippen molar-refractivity contribution in [2.75, 3.05) is 43.6 Å². The van der Waals surface area contributed by atoms with Crippen LogP contribution in [0.25, 0.3) is 0 Å². The van der Waals surface area contributed by atoms with Crippen LogP contribution in [0.3, 0.4) is 0 Å². The average Bonchev–Trinajstić information content (AvgIpc) is 3.16. The number of allylic oxidation sites excluding steroid dienone is 2. The molecule has 0 radical (unpaired) electrons. The van der Waals surface area contributed by atoms with Gasteiger partial charge in [-0.15, -0.1) is 13.2 Å². The van der Waals surface area contributed by atoms with E-state index in [4.69, 9.17) is 5.73 Å². The Morgan fingerprint density at radius 1 is 1.03 bits per heavy atom. The number of thiol groups is 1. The van der Waals surface area contributed by atoms with Gasteiger partial charge in [-0.2, -0.15) is 12.6 Å². The second-order valence-corrected chi connectivity index (χ2v) is 9.92. The van der Waals surface area contributed by atoms with Gasteiger partial charge in [-0.3, -0.25) is 4.90 Å². The number of aryl methyl sites for hydroxylation is 2. The van der Waals surface area contributed by atoms with E-state index in [9.17, 15) is 0 Å². The molecule has 5 heteroatoms. The van der Waals surface area contributed by atoms with Crippen LogP contribution >= 0.6 is 12.6 Å². The van der Waals surface area contributed by atoms with Crippen molar-refractivity contribution in [3.8, 4) is 0 Å². The molecule has 2 fully saturated rings. The maximum Gasteiger partial charge on any atom is 0.0679 e. The lowest BCUT2D eigenvalue weighted by Crippen LogP contribution is -2.49. The fourth-order valence-electron chi connectivity index (χ4n) is 5.36. The third kappa shape index (κ3) is 8.44. The quantitative estimate of drug-likeness (QED) is 0.159. The Morgan fingerprint density at radius 3 is 2.43 bits per heavy atom. The first kappa shape index (κ1) is 30.6. The molecule has 2 aliphatic rings. The van der Waals surface area contributed by atoms with Gasteiger partial charge in [0, 0.05) is 36.7 Å². The largest absolute Gasteiger partial charge is 0.398 e. The molecule has 0 amide bonds. The van der Waals surface area contributed by atoms with Crippen molar-refractivity contribution in [3.63, 3.8) is 0 Å². The Bertz CT molecular complexity index is 1000. The lowest BCUT2D eigenvalue weighted by atomic mass is 9.93. The Labute approximate surface area is 231 Å². The normalized spacial score (nSPS) is 20.0. The van der Waals surface area contributed by atoms with Crippen molar-refractivity contribution in [3.05, 3.63) is 96.7 Å². The van der Waals surface area contributed by atoms with Crippen molar-refractivity contribution >= 4 is 24.0 Å². The number of nitrogens with two attached hydrogens (primary N) is 1. The predicted octanol–water partition coefficient (Wildman–Crippen LogP) is 7.61. The van der Waals surface area contributed by atoms with Crippen molar-refractivity contribution in [1.29, 1.82) is 0 Å². The summed E-state index contributed by atoms with van der Waals surface area (Å²) in [6, 6.07) is 15.5. The number of anilines is 2. The summed E-state index contributed by atoms with van der Waals surface area (Å²) in [6.07, 6.45) is 7.67. The molecule has 4 nitrogen and oxygen atoms in total. The lowest BCUT2D eigenvalue weighted by Gasteiger charge is -2.45. The van der Waals surface area contributed by atoms with E-state index in [0.29, 0.717) is 12.0 Å². The molecule has 2 aromatic rings. The number of nitrogens with zero attached hydrogens (tertiary/aromatic N) is 2. The van der Waals surface area contributed by atoms with Crippen LogP contribution in [0.5, 0.6) is 0 Å². The fraction of sp³-hybridized carbons (Fsp3) is 0.438. The standard InChI is InChI=1S/C29H40N4.C2H4.CH4S/c1-21-9-8-12-25(14-13-21)24(4)33-16-15-32(19-29(33)26-10-6-5-7-11-26)20-31-28-18-27(30)22(2)17-23(28)3;2*1-2/h5-7,10-11,17-18,25,29,31H,1,4,8-9,12-16,19-20,30H2,2-3H3;1-2H2;2H,1H3. The summed E-state index contributed by atoms with van der Waals surface area (Å²) >= 11 is 3.53. The summed E-state index contributed by atoms with van der Waals surface area (Å²) in [5.41, 5.74) is 14.6. The molecule has 4 rings (SSSR count). The summed E-state index contributed by atoms with van der Waals surface area (Å²) < 4.78 is 0. The Hall–Kier alpha value is -2.63. The molecule has 37 heavy (non-hydrogen) atoms. The molecule has 0 aromatic heterocycles. The molecule has 2 aromatic carbocycles. The number of piperazine rings is 1. The van der Waals surface area contributed by atoms with Crippen LogP contribution in [0.2, 0.25) is 0 Å². The van der Waals surface area contributed by atoms with Gasteiger partial charge in [0.1, 0.15) is 0 Å². The molecule has 1 heterocycles. The van der Waals surface area contributed by atoms with Gasteiger partial charge in [0.15, 0.2) is 0 Å². The fourth-order valence-corrected chi connectivity index (χ4v) is 5.36. The molecule has 1 aliphatic heterocycles. The summed E-state index contributed by atoms with van der Waals surface area (Å²) in [6.45, 7) is 22.9. The van der Waals surface area contributed by atoms with Crippen LogP contribution in [0.15, 0.2) is 80.1 Å². The van der Waals surface area contributed by atoms with Crippen molar-refractivity contribution < 1.29 is 0 Å². The molecule has 2 unspecified atom stereocenters. The zero-order chi connectivity index (χ0) is 27.4. The minimum Gasteiger partial charge on any atom is -0.398 e. The highest BCUT2D eigenvalue weighted by Gasteiger charge is 2.32. The van der Waals surface area contributed by atoms with Gasteiger partial charge in [-0.25, -0.2) is 0 Å². The van der Waals surface area contributed by atoms with Gasteiger partial charge in [-0.05, 0) is 80.9 Å². The minimum absolute atomic E-state index is 0.324. The van der Waals surface area contributed by atoms with Crippen LogP contribution in [0.1, 0.15) is 54.8 Å². The van der Waals surface area contributed by atoms with Crippen molar-refractivity contribution in [2.24, 2.45) is 5.92 Å². The van der Waals surface area contributed by atoms with Crippen LogP contribution in [0, 0.1) is 19.8 Å². The van der Waals surface area contributed by atoms with E-state index in [-0.39, 0.29) is 0 Å². The van der Waals surface area contributed by atoms with Crippen molar-refractivity contribution in [1.82, 2.24) is 9.80 Å². The summed E-state index contributed by atoms with van der Waals surface area (Å²) in [5, 5.41) is 3.64. The predicted molar refractivity (Wildman–Crippen MR) is 167 cm³/mol. The van der Waals surface area contributed by atoms with Gasteiger partial charge in [-0.1, -0.05) is 55.1 Å². The molecule has 1 aliphatic carbocycles. The highest BCUT2D eigenvalue weighted by Crippen LogP contribution is 2.37. The first-order chi connectivity index (χ1) is 17.9. The summed E-state index contributed by atoms with van der Waals surface area (Å²) in [7, 11) is 0. The average molecular weight is 521 g/mol. The van der Waals surface area contributed by atoms with Crippen LogP contribution < -0.4 is 11.1 Å². The number of hydrogen-bond acceptors (Lipinski definition) is 5. The zero-order valence-corrected chi connectivity index (χ0v) is 24.2. The van der Waals surface area contributed by atoms with E-state index in [1.54, 1.807) is 6.26 Å². The van der Waals surface area contributed by atoms with Gasteiger partial charge < -0.3 is 16.0 Å². The van der Waals surface area contributed by atoms with E-state index in [1.807, 2.05) is 0 Å². The van der Waals surface area contributed by atoms with Crippen LogP contribution in [0.4, 0.5) is 11.4 Å². The number of nitrogens with one attached hydrogen (secondary N) is 1. The summed E-state index contributed by atoms with van der Waals surface area (Å²) in [5.74, 6) is 0.568. The Morgan fingerprint density at radius 2 is 1.73 bits per heavy atom. The number of benzene rings is 2. The van der Waals surface area contributed by atoms with Gasteiger partial charge in [0.25, 0.3) is 0 Å². The molecule has 2 atom stereocenters. The minimum atomic E-state index is 0.324. The van der Waals surface area contributed by atoms with E-state index < -0.39 is 0 Å². The highest BCUT2D eigenvalue weighted by atomic mass is 32.1. The van der Waals surface area contributed by atoms with E-state index in [1.165, 1.54) is 48.1 Å². The second kappa shape index (κ2) is 15.6. The monoisotopic (exact) mass is 520 g/mol. The smallest absolute Gasteiger partial charge is 0.0679 e. The maximum absolute atomic E-state index is 6.16. The van der Waals surface area contributed by atoms with Gasteiger partial charge in [0.05, 0.1) is 12.7 Å². The highest BCUT2D eigenvalue weighted by molar-refractivity contribution is 7.79. The molecule has 3 N–H and O–H groups in total. The number of hydrogen-bond donors (Lipinski definition) is 3. The number of nitrogen functional groups attached to an aromatic ring is 1. The third-order valence-electron chi connectivity index (χ3n) is 7.52. The first-order valence-corrected chi connectivity index (χ1v) is 14.3. The molecular weight excluding hydrogens is 472 g/mol. The Balaban J connectivity index is 0.00000115. The molecule has 0 bridgehead atoms. The summed E-state index contributed by atoms with van der Waals surface area (Å²) in [4.78, 5) is 5.12. The van der Waals surface area contributed by atoms with Crippen LogP contribution in [-0.4, -0.2) is 42.4 Å². The Kier molecular flexibility index (Phi) is 12.9. The zero-order valence-electron chi connectivity index (χ0n) is 23.3. The SMILES string of the molecule is C=C.C=C1CCCC(C(=C)N2CCN(CNc3cc(N)c(C)cc3C)CC2c2ccccc2)CC1.CS. The maximum atomic E-state index is 6.16. The first-order valence-electron chi connectivity index (χ1n) is 13.4. The third-order valence-corrected chi connectivity index (χ3v) is 7.52. The van der Waals surface area contributed by atoms with Crippen molar-refractivity contribution in [2.45, 2.75) is 52.0 Å². The topological polar surface area (TPSA) is 44.5 Å². The molecule has 0 spiro atoms. The van der Waals surface area contributed by atoms with E-state index in [0.717, 1.165) is 49.7 Å².